The lowest BCUT2D eigenvalue weighted by molar-refractivity contribution is -0.121. The molecule has 1 aliphatic rings. The van der Waals surface area contributed by atoms with E-state index in [0.29, 0.717) is 33.9 Å². The Bertz CT molecular complexity index is 1610. The summed E-state index contributed by atoms with van der Waals surface area (Å²) in [6.07, 6.45) is 1.77. The van der Waals surface area contributed by atoms with Crippen molar-refractivity contribution in [1.82, 2.24) is 4.90 Å². The van der Waals surface area contributed by atoms with Gasteiger partial charge in [0.15, 0.2) is 16.7 Å². The highest BCUT2D eigenvalue weighted by atomic mass is 32.2. The monoisotopic (exact) mass is 524 g/mol. The molecule has 1 aliphatic heterocycles. The summed E-state index contributed by atoms with van der Waals surface area (Å²) in [5.41, 5.74) is 2.42. The van der Waals surface area contributed by atoms with Crippen molar-refractivity contribution in [1.29, 1.82) is 0 Å². The average Bonchev–Trinajstić information content (AvgIpc) is 3.19. The zero-order chi connectivity index (χ0) is 26.6. The molecule has 7 nitrogen and oxygen atoms in total. The number of amidine groups is 1. The van der Waals surface area contributed by atoms with Gasteiger partial charge in [-0.1, -0.05) is 48.5 Å². The summed E-state index contributed by atoms with van der Waals surface area (Å²) in [4.78, 5) is 30.5. The van der Waals surface area contributed by atoms with Crippen LogP contribution in [-0.4, -0.2) is 41.2 Å². The van der Waals surface area contributed by atoms with Gasteiger partial charge in [-0.3, -0.25) is 9.69 Å². The zero-order valence-electron chi connectivity index (χ0n) is 20.8. The Morgan fingerprint density at radius 3 is 2.58 bits per heavy atom. The van der Waals surface area contributed by atoms with Crippen molar-refractivity contribution < 1.29 is 24.2 Å². The van der Waals surface area contributed by atoms with Crippen molar-refractivity contribution in [2.24, 2.45) is 4.99 Å². The topological polar surface area (TPSA) is 88.4 Å². The zero-order valence-corrected chi connectivity index (χ0v) is 21.6. The number of carboxylic acid groups (broad SMARTS) is 1. The molecule has 4 aromatic rings. The highest BCUT2D eigenvalue weighted by molar-refractivity contribution is 8.18. The highest BCUT2D eigenvalue weighted by Gasteiger charge is 2.30. The molecule has 0 atom stereocenters. The molecule has 0 spiro atoms. The van der Waals surface area contributed by atoms with Crippen LogP contribution >= 0.6 is 11.8 Å². The molecular formula is C30H24N2O5S. The fraction of sp³-hybridized carbons (Fsp3) is 0.100. The van der Waals surface area contributed by atoms with E-state index >= 15 is 0 Å². The van der Waals surface area contributed by atoms with E-state index in [0.717, 1.165) is 16.5 Å². The van der Waals surface area contributed by atoms with Crippen LogP contribution in [0.3, 0.4) is 0 Å². The number of methoxy groups -OCH3 is 1. The smallest absolute Gasteiger partial charge is 0.335 e. The third kappa shape index (κ3) is 5.40. The van der Waals surface area contributed by atoms with E-state index in [1.807, 2.05) is 36.4 Å². The first-order valence-corrected chi connectivity index (χ1v) is 12.6. The van der Waals surface area contributed by atoms with E-state index in [1.54, 1.807) is 32.4 Å². The molecule has 1 fully saturated rings. The number of aromatic carboxylic acids is 1. The molecule has 0 bridgehead atoms. The lowest BCUT2D eigenvalue weighted by atomic mass is 10.1. The summed E-state index contributed by atoms with van der Waals surface area (Å²) < 4.78 is 11.6. The highest BCUT2D eigenvalue weighted by Crippen LogP contribution is 2.35. The van der Waals surface area contributed by atoms with Gasteiger partial charge in [0, 0.05) is 7.05 Å². The van der Waals surface area contributed by atoms with Crippen LogP contribution in [0.2, 0.25) is 0 Å². The number of nitrogens with zero attached hydrogens (tertiary/aromatic N) is 2. The van der Waals surface area contributed by atoms with E-state index in [2.05, 4.69) is 29.3 Å². The number of thioether (sulfide) groups is 1. The first-order valence-electron chi connectivity index (χ1n) is 11.8. The molecule has 38 heavy (non-hydrogen) atoms. The number of hydrogen-bond donors (Lipinski definition) is 1. The Balaban J connectivity index is 1.33. The standard InChI is InChI=1S/C30H24N2O5S/c1-32-28(33)27(38-30(32)31-24-9-5-8-23(17-24)29(34)35)16-19-11-13-25(26(15-19)36-2)37-18-20-10-12-21-6-3-4-7-22(21)14-20/h3-17H,18H2,1-2H3,(H,34,35)/b27-16-,31-30?. The summed E-state index contributed by atoms with van der Waals surface area (Å²) in [6, 6.07) is 26.2. The van der Waals surface area contributed by atoms with Gasteiger partial charge < -0.3 is 14.6 Å². The van der Waals surface area contributed by atoms with Gasteiger partial charge in [0.1, 0.15) is 6.61 Å². The van der Waals surface area contributed by atoms with Crippen LogP contribution in [-0.2, 0) is 11.4 Å². The summed E-state index contributed by atoms with van der Waals surface area (Å²) >= 11 is 1.22. The van der Waals surface area contributed by atoms with Crippen LogP contribution in [0.15, 0.2) is 94.8 Å². The van der Waals surface area contributed by atoms with E-state index < -0.39 is 5.97 Å². The van der Waals surface area contributed by atoms with Crippen molar-refractivity contribution in [2.75, 3.05) is 14.2 Å². The van der Waals surface area contributed by atoms with E-state index in [9.17, 15) is 14.7 Å². The van der Waals surface area contributed by atoms with Crippen LogP contribution in [0, 0.1) is 0 Å². The van der Waals surface area contributed by atoms with Gasteiger partial charge in [0.25, 0.3) is 5.91 Å². The van der Waals surface area contributed by atoms with Gasteiger partial charge in [-0.05, 0) is 76.1 Å². The molecule has 190 valence electrons. The number of ether oxygens (including phenoxy) is 2. The maximum absolute atomic E-state index is 12.9. The van der Waals surface area contributed by atoms with Gasteiger partial charge in [-0.15, -0.1) is 0 Å². The van der Waals surface area contributed by atoms with Crippen LogP contribution in [0.5, 0.6) is 11.5 Å². The summed E-state index contributed by atoms with van der Waals surface area (Å²) in [5, 5.41) is 12.0. The van der Waals surface area contributed by atoms with Crippen molar-refractivity contribution in [2.45, 2.75) is 6.61 Å². The van der Waals surface area contributed by atoms with E-state index in [1.165, 1.54) is 34.2 Å². The molecular weight excluding hydrogens is 500 g/mol. The third-order valence-corrected chi connectivity index (χ3v) is 7.08. The van der Waals surface area contributed by atoms with Crippen molar-refractivity contribution >= 4 is 51.3 Å². The Morgan fingerprint density at radius 2 is 1.79 bits per heavy atom. The number of fused-ring (bicyclic) bond motifs is 1. The molecule has 4 aromatic carbocycles. The Hall–Kier alpha value is -4.56. The second kappa shape index (κ2) is 10.8. The average molecular weight is 525 g/mol. The van der Waals surface area contributed by atoms with Crippen molar-refractivity contribution in [3.05, 3.63) is 107 Å². The molecule has 8 heteroatoms. The normalized spacial score (nSPS) is 15.4. The summed E-state index contributed by atoms with van der Waals surface area (Å²) in [7, 11) is 3.22. The fourth-order valence-corrected chi connectivity index (χ4v) is 4.99. The fourth-order valence-electron chi connectivity index (χ4n) is 4.00. The Labute approximate surface area is 224 Å². The second-order valence-electron chi connectivity index (χ2n) is 8.61. The van der Waals surface area contributed by atoms with Crippen LogP contribution in [0.4, 0.5) is 5.69 Å². The second-order valence-corrected chi connectivity index (χ2v) is 9.61. The predicted molar refractivity (Wildman–Crippen MR) is 150 cm³/mol. The molecule has 0 saturated carbocycles. The summed E-state index contributed by atoms with van der Waals surface area (Å²) in [5.74, 6) is -0.0669. The lowest BCUT2D eigenvalue weighted by Gasteiger charge is -2.12. The van der Waals surface area contributed by atoms with Crippen molar-refractivity contribution in [3.8, 4) is 11.5 Å². The molecule has 1 amide bonds. The Kier molecular flexibility index (Phi) is 7.15. The van der Waals surface area contributed by atoms with Gasteiger partial charge in [0.05, 0.1) is 23.3 Å². The van der Waals surface area contributed by atoms with Gasteiger partial charge >= 0.3 is 5.97 Å². The number of amides is 1. The number of carbonyl (C=O) groups is 2. The van der Waals surface area contributed by atoms with Crippen LogP contribution < -0.4 is 9.47 Å². The van der Waals surface area contributed by atoms with E-state index in [-0.39, 0.29) is 11.5 Å². The number of carboxylic acids is 1. The van der Waals surface area contributed by atoms with Gasteiger partial charge in [0.2, 0.25) is 0 Å². The molecule has 0 aromatic heterocycles. The number of carbonyl (C=O) groups excluding carboxylic acids is 1. The SMILES string of the molecule is COc1cc(/C=C2\SC(=Nc3cccc(C(=O)O)c3)N(C)C2=O)ccc1OCc1ccc2ccccc2c1. The number of aliphatic imine (C=N–C) groups is 1. The molecule has 1 heterocycles. The third-order valence-electron chi connectivity index (χ3n) is 6.02. The maximum Gasteiger partial charge on any atom is 0.335 e. The van der Waals surface area contributed by atoms with Crippen molar-refractivity contribution in [3.63, 3.8) is 0 Å². The number of hydrogen-bond acceptors (Lipinski definition) is 6. The number of rotatable bonds is 7. The first-order chi connectivity index (χ1) is 18.4. The quantitative estimate of drug-likeness (QED) is 0.283. The summed E-state index contributed by atoms with van der Waals surface area (Å²) in [6.45, 7) is 0.393. The maximum atomic E-state index is 12.9. The first kappa shape index (κ1) is 25.1. The molecule has 1 N–H and O–H groups in total. The van der Waals surface area contributed by atoms with Crippen LogP contribution in [0.1, 0.15) is 21.5 Å². The minimum atomic E-state index is -1.03. The molecule has 1 saturated heterocycles. The van der Waals surface area contributed by atoms with Crippen LogP contribution in [0.25, 0.3) is 16.8 Å². The number of benzene rings is 4. The Morgan fingerprint density at radius 1 is 0.974 bits per heavy atom. The lowest BCUT2D eigenvalue weighted by Crippen LogP contribution is -2.23. The van der Waals surface area contributed by atoms with E-state index in [4.69, 9.17) is 9.47 Å². The molecule has 0 unspecified atom stereocenters. The number of likely N-dealkylation sites (N-methyl/N-ethyl adjacent to an activating group) is 1. The van der Waals surface area contributed by atoms with Gasteiger partial charge in [-0.25, -0.2) is 9.79 Å². The molecule has 5 rings (SSSR count). The molecule has 0 radical (unpaired) electrons. The van der Waals surface area contributed by atoms with Gasteiger partial charge in [-0.2, -0.15) is 0 Å². The minimum Gasteiger partial charge on any atom is -0.493 e. The largest absolute Gasteiger partial charge is 0.493 e. The minimum absolute atomic E-state index is 0.134. The predicted octanol–water partition coefficient (Wildman–Crippen LogP) is 6.36. The molecule has 0 aliphatic carbocycles.